The van der Waals surface area contributed by atoms with Crippen molar-refractivity contribution in [2.45, 2.75) is 52.5 Å². The van der Waals surface area contributed by atoms with Crippen LogP contribution in [0.5, 0.6) is 0 Å². The van der Waals surface area contributed by atoms with Crippen molar-refractivity contribution in [1.82, 2.24) is 10.6 Å². The molecule has 1 amide bonds. The van der Waals surface area contributed by atoms with E-state index < -0.39 is 0 Å². The van der Waals surface area contributed by atoms with Gasteiger partial charge in [0.05, 0.1) is 6.04 Å². The molecular formula is C16H26N2O2. The monoisotopic (exact) mass is 278 g/mol. The Labute approximate surface area is 121 Å². The topological polar surface area (TPSA) is 54.3 Å². The Hall–Kier alpha value is -1.29. The van der Waals surface area contributed by atoms with Crippen molar-refractivity contribution in [3.63, 3.8) is 0 Å². The molecule has 1 aliphatic rings. The quantitative estimate of drug-likeness (QED) is 0.871. The minimum absolute atomic E-state index is 0.0180. The molecule has 4 heteroatoms. The van der Waals surface area contributed by atoms with Crippen molar-refractivity contribution in [3.05, 3.63) is 23.2 Å². The molecule has 2 rings (SSSR count). The number of nitrogens with one attached hydrogen (secondary N) is 2. The summed E-state index contributed by atoms with van der Waals surface area (Å²) in [5.41, 5.74) is 1.08. The molecule has 2 unspecified atom stereocenters. The molecule has 0 aliphatic carbocycles. The second-order valence-corrected chi connectivity index (χ2v) is 5.91. The van der Waals surface area contributed by atoms with Crippen molar-refractivity contribution in [2.75, 3.05) is 13.1 Å². The molecule has 4 nitrogen and oxygen atoms in total. The van der Waals surface area contributed by atoms with Crippen LogP contribution in [0.15, 0.2) is 10.5 Å². The Morgan fingerprint density at radius 2 is 2.35 bits per heavy atom. The summed E-state index contributed by atoms with van der Waals surface area (Å²) in [6.45, 7) is 8.07. The van der Waals surface area contributed by atoms with Crippen molar-refractivity contribution >= 4 is 5.91 Å². The number of hydrogen-bond acceptors (Lipinski definition) is 3. The van der Waals surface area contributed by atoms with Crippen LogP contribution < -0.4 is 10.6 Å². The molecule has 1 saturated heterocycles. The fourth-order valence-corrected chi connectivity index (χ4v) is 2.98. The third-order valence-electron chi connectivity index (χ3n) is 4.10. The SMILES string of the molecule is Cc1cc(C(C)NC(=O)CCC2CCCNC2)c(C)o1. The van der Waals surface area contributed by atoms with Gasteiger partial charge < -0.3 is 15.1 Å². The number of hydrogen-bond donors (Lipinski definition) is 2. The lowest BCUT2D eigenvalue weighted by atomic mass is 9.94. The number of aryl methyl sites for hydroxylation is 2. The third kappa shape index (κ3) is 4.10. The molecule has 0 aromatic carbocycles. The maximum absolute atomic E-state index is 12.0. The number of carbonyl (C=O) groups excluding carboxylic acids is 1. The predicted molar refractivity (Wildman–Crippen MR) is 79.6 cm³/mol. The van der Waals surface area contributed by atoms with Crippen molar-refractivity contribution in [2.24, 2.45) is 5.92 Å². The number of furan rings is 1. The van der Waals surface area contributed by atoms with E-state index in [2.05, 4.69) is 10.6 Å². The highest BCUT2D eigenvalue weighted by atomic mass is 16.3. The van der Waals surface area contributed by atoms with Gasteiger partial charge in [-0.1, -0.05) is 0 Å². The minimum Gasteiger partial charge on any atom is -0.466 e. The van der Waals surface area contributed by atoms with Gasteiger partial charge in [0.2, 0.25) is 5.91 Å². The summed E-state index contributed by atoms with van der Waals surface area (Å²) in [5, 5.41) is 6.46. The maximum Gasteiger partial charge on any atom is 0.220 e. The van der Waals surface area contributed by atoms with Gasteiger partial charge in [0.25, 0.3) is 0 Å². The number of rotatable bonds is 5. The van der Waals surface area contributed by atoms with E-state index in [1.165, 1.54) is 12.8 Å². The van der Waals surface area contributed by atoms with Crippen molar-refractivity contribution in [3.8, 4) is 0 Å². The highest BCUT2D eigenvalue weighted by molar-refractivity contribution is 5.76. The third-order valence-corrected chi connectivity index (χ3v) is 4.10. The van der Waals surface area contributed by atoms with E-state index in [0.717, 1.165) is 36.6 Å². The first kappa shape index (κ1) is 15.1. The fraction of sp³-hybridized carbons (Fsp3) is 0.688. The van der Waals surface area contributed by atoms with Gasteiger partial charge >= 0.3 is 0 Å². The van der Waals surface area contributed by atoms with Gasteiger partial charge in [0.15, 0.2) is 0 Å². The molecule has 0 bridgehead atoms. The molecule has 1 aliphatic heterocycles. The lowest BCUT2D eigenvalue weighted by molar-refractivity contribution is -0.122. The fourth-order valence-electron chi connectivity index (χ4n) is 2.98. The zero-order chi connectivity index (χ0) is 14.5. The lowest BCUT2D eigenvalue weighted by Crippen LogP contribution is -2.32. The first-order valence-corrected chi connectivity index (χ1v) is 7.63. The van der Waals surface area contributed by atoms with Gasteiger partial charge in [-0.05, 0) is 65.1 Å². The summed E-state index contributed by atoms with van der Waals surface area (Å²) in [6, 6.07) is 2.02. The van der Waals surface area contributed by atoms with E-state index in [0.29, 0.717) is 12.3 Å². The van der Waals surface area contributed by atoms with E-state index in [9.17, 15) is 4.79 Å². The molecular weight excluding hydrogens is 252 g/mol. The lowest BCUT2D eigenvalue weighted by Gasteiger charge is -2.22. The Morgan fingerprint density at radius 3 is 2.95 bits per heavy atom. The first-order valence-electron chi connectivity index (χ1n) is 7.63. The second-order valence-electron chi connectivity index (χ2n) is 5.91. The van der Waals surface area contributed by atoms with E-state index in [4.69, 9.17) is 4.42 Å². The smallest absolute Gasteiger partial charge is 0.220 e. The summed E-state index contributed by atoms with van der Waals surface area (Å²) < 4.78 is 5.51. The Balaban J connectivity index is 1.77. The molecule has 112 valence electrons. The second kappa shape index (κ2) is 6.93. The van der Waals surface area contributed by atoms with Gasteiger partial charge in [-0.15, -0.1) is 0 Å². The van der Waals surface area contributed by atoms with Crippen LogP contribution in [-0.4, -0.2) is 19.0 Å². The summed E-state index contributed by atoms with van der Waals surface area (Å²) in [5.74, 6) is 2.59. The van der Waals surface area contributed by atoms with Gasteiger partial charge in [0, 0.05) is 12.0 Å². The molecule has 0 radical (unpaired) electrons. The summed E-state index contributed by atoms with van der Waals surface area (Å²) in [7, 11) is 0. The van der Waals surface area contributed by atoms with Crippen molar-refractivity contribution in [1.29, 1.82) is 0 Å². The zero-order valence-corrected chi connectivity index (χ0v) is 12.8. The van der Waals surface area contributed by atoms with Crippen LogP contribution in [0.1, 0.15) is 55.7 Å². The van der Waals surface area contributed by atoms with E-state index in [1.807, 2.05) is 26.8 Å². The molecule has 0 spiro atoms. The molecule has 2 heterocycles. The molecule has 1 fully saturated rings. The molecule has 2 N–H and O–H groups in total. The highest BCUT2D eigenvalue weighted by Gasteiger charge is 2.17. The molecule has 1 aromatic rings. The number of amides is 1. The zero-order valence-electron chi connectivity index (χ0n) is 12.8. The average Bonchev–Trinajstić information content (AvgIpc) is 2.77. The Bertz CT molecular complexity index is 447. The van der Waals surface area contributed by atoms with Crippen LogP contribution >= 0.6 is 0 Å². The van der Waals surface area contributed by atoms with E-state index >= 15 is 0 Å². The average molecular weight is 278 g/mol. The van der Waals surface area contributed by atoms with Crippen molar-refractivity contribution < 1.29 is 9.21 Å². The Morgan fingerprint density at radius 1 is 1.55 bits per heavy atom. The first-order chi connectivity index (χ1) is 9.56. The minimum atomic E-state index is 0.0180. The largest absolute Gasteiger partial charge is 0.466 e. The molecule has 0 saturated carbocycles. The van der Waals surface area contributed by atoms with Gasteiger partial charge in [0.1, 0.15) is 11.5 Å². The Kier molecular flexibility index (Phi) is 5.24. The van der Waals surface area contributed by atoms with Gasteiger partial charge in [-0.25, -0.2) is 0 Å². The van der Waals surface area contributed by atoms with Crippen LogP contribution in [0, 0.1) is 19.8 Å². The standard InChI is InChI=1S/C16H26N2O2/c1-11-9-15(13(3)20-11)12(2)18-16(19)7-6-14-5-4-8-17-10-14/h9,12,14,17H,4-8,10H2,1-3H3,(H,18,19). The molecule has 1 aromatic heterocycles. The normalized spacial score (nSPS) is 20.6. The predicted octanol–water partition coefficient (Wildman–Crippen LogP) is 2.85. The van der Waals surface area contributed by atoms with Gasteiger partial charge in [-0.2, -0.15) is 0 Å². The van der Waals surface area contributed by atoms with Crippen LogP contribution in [0.2, 0.25) is 0 Å². The molecule has 20 heavy (non-hydrogen) atoms. The van der Waals surface area contributed by atoms with E-state index in [1.54, 1.807) is 0 Å². The van der Waals surface area contributed by atoms with Crippen LogP contribution in [0.25, 0.3) is 0 Å². The number of piperidine rings is 1. The summed E-state index contributed by atoms with van der Waals surface area (Å²) >= 11 is 0. The van der Waals surface area contributed by atoms with E-state index in [-0.39, 0.29) is 11.9 Å². The summed E-state index contributed by atoms with van der Waals surface area (Å²) in [6.07, 6.45) is 4.08. The van der Waals surface area contributed by atoms with Gasteiger partial charge in [-0.3, -0.25) is 4.79 Å². The maximum atomic E-state index is 12.0. The highest BCUT2D eigenvalue weighted by Crippen LogP contribution is 2.22. The summed E-state index contributed by atoms with van der Waals surface area (Å²) in [4.78, 5) is 12.0. The number of carbonyl (C=O) groups is 1. The van der Waals surface area contributed by atoms with Crippen LogP contribution in [0.4, 0.5) is 0 Å². The van der Waals surface area contributed by atoms with Crippen LogP contribution in [0.3, 0.4) is 0 Å². The van der Waals surface area contributed by atoms with Crippen LogP contribution in [-0.2, 0) is 4.79 Å². The molecule has 2 atom stereocenters.